The summed E-state index contributed by atoms with van der Waals surface area (Å²) in [6, 6.07) is 7.22. The largest absolute Gasteiger partial charge is 0.491 e. The summed E-state index contributed by atoms with van der Waals surface area (Å²) >= 11 is 0. The molecule has 4 heteroatoms. The van der Waals surface area contributed by atoms with E-state index in [0.29, 0.717) is 18.0 Å². The monoisotopic (exact) mass is 238 g/mol. The number of anilines is 1. The zero-order valence-corrected chi connectivity index (χ0v) is 10.6. The predicted octanol–water partition coefficient (Wildman–Crippen LogP) is 1.35. The summed E-state index contributed by atoms with van der Waals surface area (Å²) in [6.07, 6.45) is 0.604. The first-order valence-electron chi connectivity index (χ1n) is 5.96. The Morgan fingerprint density at radius 3 is 2.88 bits per heavy atom. The molecule has 0 saturated heterocycles. The lowest BCUT2D eigenvalue weighted by atomic mass is 10.3. The van der Waals surface area contributed by atoms with Crippen LogP contribution in [0.4, 0.5) is 5.69 Å². The van der Waals surface area contributed by atoms with Crippen LogP contribution in [-0.4, -0.2) is 42.9 Å². The van der Waals surface area contributed by atoms with Crippen LogP contribution in [-0.2, 0) is 0 Å². The fraction of sp³-hybridized carbons (Fsp3) is 0.538. The Labute approximate surface area is 103 Å². The van der Waals surface area contributed by atoms with Crippen molar-refractivity contribution in [1.82, 2.24) is 4.90 Å². The van der Waals surface area contributed by atoms with Gasteiger partial charge in [-0.3, -0.25) is 0 Å². The van der Waals surface area contributed by atoms with E-state index in [0.717, 1.165) is 13.0 Å². The highest BCUT2D eigenvalue weighted by Crippen LogP contribution is 2.14. The van der Waals surface area contributed by atoms with Gasteiger partial charge in [0, 0.05) is 18.3 Å². The van der Waals surface area contributed by atoms with Crippen molar-refractivity contribution in [2.24, 2.45) is 0 Å². The molecule has 0 spiro atoms. The average molecular weight is 238 g/mol. The van der Waals surface area contributed by atoms with E-state index in [1.165, 1.54) is 0 Å². The molecule has 96 valence electrons. The van der Waals surface area contributed by atoms with Crippen LogP contribution in [0, 0.1) is 0 Å². The maximum Gasteiger partial charge on any atom is 0.121 e. The number of rotatable bonds is 7. The molecule has 0 amide bonds. The van der Waals surface area contributed by atoms with Crippen molar-refractivity contribution in [3.63, 3.8) is 0 Å². The summed E-state index contributed by atoms with van der Waals surface area (Å²) in [5.41, 5.74) is 6.30. The molecule has 3 N–H and O–H groups in total. The quantitative estimate of drug-likeness (QED) is 0.704. The Balaban J connectivity index is 2.30. The molecule has 0 aliphatic rings. The summed E-state index contributed by atoms with van der Waals surface area (Å²) in [5, 5.41) is 9.78. The Morgan fingerprint density at radius 1 is 1.47 bits per heavy atom. The zero-order valence-electron chi connectivity index (χ0n) is 10.6. The molecule has 1 aromatic rings. The molecule has 0 radical (unpaired) electrons. The summed E-state index contributed by atoms with van der Waals surface area (Å²) < 4.78 is 5.47. The maximum atomic E-state index is 9.78. The summed E-state index contributed by atoms with van der Waals surface area (Å²) in [7, 11) is 1.99. The molecule has 0 aliphatic carbocycles. The van der Waals surface area contributed by atoms with Crippen molar-refractivity contribution in [3.05, 3.63) is 24.3 Å². The lowest BCUT2D eigenvalue weighted by Gasteiger charge is -2.20. The number of hydrogen-bond donors (Lipinski definition) is 2. The minimum atomic E-state index is -0.479. The average Bonchev–Trinajstić information content (AvgIpc) is 2.27. The molecule has 4 nitrogen and oxygen atoms in total. The van der Waals surface area contributed by atoms with Gasteiger partial charge in [-0.05, 0) is 32.1 Å². The number of likely N-dealkylation sites (N-methyl/N-ethyl adjacent to an activating group) is 1. The number of nitrogen functional groups attached to an aromatic ring is 1. The number of benzene rings is 1. The van der Waals surface area contributed by atoms with Crippen LogP contribution in [0.15, 0.2) is 24.3 Å². The number of ether oxygens (including phenoxy) is 1. The molecule has 1 unspecified atom stereocenters. The van der Waals surface area contributed by atoms with Gasteiger partial charge < -0.3 is 20.5 Å². The fourth-order valence-corrected chi connectivity index (χ4v) is 1.68. The van der Waals surface area contributed by atoms with E-state index in [1.54, 1.807) is 12.1 Å². The van der Waals surface area contributed by atoms with Gasteiger partial charge >= 0.3 is 0 Å². The van der Waals surface area contributed by atoms with Gasteiger partial charge in [0.15, 0.2) is 0 Å². The number of aliphatic hydroxyl groups excluding tert-OH is 1. The highest BCUT2D eigenvalue weighted by Gasteiger charge is 2.08. The van der Waals surface area contributed by atoms with Gasteiger partial charge in [-0.2, -0.15) is 0 Å². The third-order valence-corrected chi connectivity index (χ3v) is 2.43. The van der Waals surface area contributed by atoms with Gasteiger partial charge in [-0.15, -0.1) is 0 Å². The van der Waals surface area contributed by atoms with Crippen LogP contribution < -0.4 is 10.5 Å². The molecule has 17 heavy (non-hydrogen) atoms. The van der Waals surface area contributed by atoms with Crippen LogP contribution in [0.5, 0.6) is 5.75 Å². The second-order valence-corrected chi connectivity index (χ2v) is 4.30. The Morgan fingerprint density at radius 2 is 2.24 bits per heavy atom. The van der Waals surface area contributed by atoms with E-state index in [-0.39, 0.29) is 6.61 Å². The first-order valence-corrected chi connectivity index (χ1v) is 5.96. The van der Waals surface area contributed by atoms with Crippen molar-refractivity contribution >= 4 is 5.69 Å². The zero-order chi connectivity index (χ0) is 12.7. The van der Waals surface area contributed by atoms with Gasteiger partial charge in [-0.1, -0.05) is 13.0 Å². The summed E-state index contributed by atoms with van der Waals surface area (Å²) in [4.78, 5) is 2.09. The van der Waals surface area contributed by atoms with Crippen LogP contribution in [0.1, 0.15) is 13.3 Å². The first-order chi connectivity index (χ1) is 8.11. The van der Waals surface area contributed by atoms with Crippen LogP contribution in [0.25, 0.3) is 0 Å². The lowest BCUT2D eigenvalue weighted by molar-refractivity contribution is 0.0764. The normalized spacial score (nSPS) is 12.7. The Kier molecular flexibility index (Phi) is 5.80. The smallest absolute Gasteiger partial charge is 0.121 e. The molecule has 0 fully saturated rings. The molecule has 0 heterocycles. The highest BCUT2D eigenvalue weighted by atomic mass is 16.5. The summed E-state index contributed by atoms with van der Waals surface area (Å²) in [6.45, 7) is 4.01. The van der Waals surface area contributed by atoms with Gasteiger partial charge in [0.25, 0.3) is 0 Å². The molecule has 0 aliphatic heterocycles. The van der Waals surface area contributed by atoms with Crippen LogP contribution in [0.2, 0.25) is 0 Å². The third kappa shape index (κ3) is 5.56. The second kappa shape index (κ2) is 7.14. The van der Waals surface area contributed by atoms with E-state index in [2.05, 4.69) is 11.8 Å². The van der Waals surface area contributed by atoms with Crippen molar-refractivity contribution in [3.8, 4) is 5.75 Å². The standard InChI is InChI=1S/C13H22N2O2/c1-3-7-15(2)9-12(16)10-17-13-6-4-5-11(14)8-13/h4-6,8,12,16H,3,7,9-10,14H2,1-2H3. The minimum absolute atomic E-state index is 0.289. The lowest BCUT2D eigenvalue weighted by Crippen LogP contribution is -2.33. The summed E-state index contributed by atoms with van der Waals surface area (Å²) in [5.74, 6) is 0.696. The molecule has 0 saturated carbocycles. The van der Waals surface area contributed by atoms with Crippen LogP contribution in [0.3, 0.4) is 0 Å². The Hall–Kier alpha value is -1.26. The molecule has 1 rings (SSSR count). The highest BCUT2D eigenvalue weighted by molar-refractivity contribution is 5.43. The number of nitrogens with two attached hydrogens (primary N) is 1. The van der Waals surface area contributed by atoms with E-state index in [9.17, 15) is 5.11 Å². The van der Waals surface area contributed by atoms with E-state index >= 15 is 0 Å². The molecule has 0 bridgehead atoms. The topological polar surface area (TPSA) is 58.7 Å². The van der Waals surface area contributed by atoms with Crippen LogP contribution >= 0.6 is 0 Å². The van der Waals surface area contributed by atoms with Crippen molar-refractivity contribution in [2.45, 2.75) is 19.4 Å². The van der Waals surface area contributed by atoms with Crippen molar-refractivity contribution < 1.29 is 9.84 Å². The number of hydrogen-bond acceptors (Lipinski definition) is 4. The van der Waals surface area contributed by atoms with Crippen molar-refractivity contribution in [1.29, 1.82) is 0 Å². The fourth-order valence-electron chi connectivity index (χ4n) is 1.68. The number of aliphatic hydroxyl groups is 1. The van der Waals surface area contributed by atoms with E-state index in [4.69, 9.17) is 10.5 Å². The number of nitrogens with zero attached hydrogens (tertiary/aromatic N) is 1. The van der Waals surface area contributed by atoms with Gasteiger partial charge in [-0.25, -0.2) is 0 Å². The molecule has 1 atom stereocenters. The van der Waals surface area contributed by atoms with Gasteiger partial charge in [0.1, 0.15) is 18.5 Å². The van der Waals surface area contributed by atoms with E-state index < -0.39 is 6.10 Å². The molecular formula is C13H22N2O2. The molecule has 0 aromatic heterocycles. The predicted molar refractivity (Wildman–Crippen MR) is 70.1 cm³/mol. The second-order valence-electron chi connectivity index (χ2n) is 4.30. The van der Waals surface area contributed by atoms with E-state index in [1.807, 2.05) is 19.2 Å². The van der Waals surface area contributed by atoms with Gasteiger partial charge in [0.05, 0.1) is 0 Å². The van der Waals surface area contributed by atoms with Crippen molar-refractivity contribution in [2.75, 3.05) is 32.5 Å². The SMILES string of the molecule is CCCN(C)CC(O)COc1cccc(N)c1. The first kappa shape index (κ1) is 13.8. The minimum Gasteiger partial charge on any atom is -0.491 e. The molecule has 1 aromatic carbocycles. The van der Waals surface area contributed by atoms with Gasteiger partial charge in [0.2, 0.25) is 0 Å². The Bertz CT molecular complexity index is 331. The third-order valence-electron chi connectivity index (χ3n) is 2.43. The maximum absolute atomic E-state index is 9.78. The molecular weight excluding hydrogens is 216 g/mol.